The standard InChI is InChI=1S/C21H24N2O2S/c1-14(2)16-6-8-17-19-13-23(20(17)12-16)26(24,25)21-11-15(5-7-18(19)21)9-10-22(3)4/h5-8,11-14H,9-10H2,1-4H3. The zero-order valence-corrected chi connectivity index (χ0v) is 16.5. The molecule has 4 nitrogen and oxygen atoms in total. The minimum atomic E-state index is -3.56. The summed E-state index contributed by atoms with van der Waals surface area (Å²) in [6.07, 6.45) is 2.60. The van der Waals surface area contributed by atoms with E-state index in [-0.39, 0.29) is 0 Å². The zero-order valence-electron chi connectivity index (χ0n) is 15.7. The predicted molar refractivity (Wildman–Crippen MR) is 106 cm³/mol. The lowest BCUT2D eigenvalue weighted by Crippen LogP contribution is -2.17. The highest BCUT2D eigenvalue weighted by molar-refractivity contribution is 7.90. The average molecular weight is 369 g/mol. The average Bonchev–Trinajstić information content (AvgIpc) is 2.95. The monoisotopic (exact) mass is 368 g/mol. The van der Waals surface area contributed by atoms with E-state index in [1.807, 2.05) is 32.3 Å². The Kier molecular flexibility index (Phi) is 3.97. The number of rotatable bonds is 4. The van der Waals surface area contributed by atoms with Gasteiger partial charge in [-0.3, -0.25) is 0 Å². The number of likely N-dealkylation sites (N-methyl/N-ethyl adjacent to an activating group) is 1. The van der Waals surface area contributed by atoms with Crippen LogP contribution in [0.3, 0.4) is 0 Å². The zero-order chi connectivity index (χ0) is 18.6. The second-order valence-electron chi connectivity index (χ2n) is 7.66. The molecule has 0 spiro atoms. The molecular weight excluding hydrogens is 344 g/mol. The Labute approximate surface area is 155 Å². The van der Waals surface area contributed by atoms with Gasteiger partial charge in [-0.1, -0.05) is 38.1 Å². The van der Waals surface area contributed by atoms with E-state index in [1.165, 1.54) is 3.97 Å². The van der Waals surface area contributed by atoms with Gasteiger partial charge in [-0.15, -0.1) is 0 Å². The SMILES string of the molecule is CC(C)c1ccc2c3cn(c2c1)S(=O)(=O)c1cc(CCN(C)C)ccc1-3. The molecule has 4 rings (SSSR count). The summed E-state index contributed by atoms with van der Waals surface area (Å²) in [5.74, 6) is 0.356. The molecule has 0 unspecified atom stereocenters. The maximum Gasteiger partial charge on any atom is 0.268 e. The quantitative estimate of drug-likeness (QED) is 0.545. The molecular formula is C21H24N2O2S. The van der Waals surface area contributed by atoms with Gasteiger partial charge >= 0.3 is 0 Å². The van der Waals surface area contributed by atoms with Gasteiger partial charge in [0.05, 0.1) is 10.4 Å². The van der Waals surface area contributed by atoms with Crippen molar-refractivity contribution in [2.24, 2.45) is 0 Å². The molecule has 2 bridgehead atoms. The van der Waals surface area contributed by atoms with Crippen molar-refractivity contribution < 1.29 is 8.42 Å². The van der Waals surface area contributed by atoms with Crippen LogP contribution in [0.2, 0.25) is 0 Å². The van der Waals surface area contributed by atoms with Crippen molar-refractivity contribution in [3.63, 3.8) is 0 Å². The summed E-state index contributed by atoms with van der Waals surface area (Å²) in [7, 11) is 0.480. The molecule has 2 aromatic carbocycles. The van der Waals surface area contributed by atoms with Gasteiger partial charge < -0.3 is 4.90 Å². The van der Waals surface area contributed by atoms with E-state index >= 15 is 0 Å². The van der Waals surface area contributed by atoms with E-state index in [4.69, 9.17) is 0 Å². The van der Waals surface area contributed by atoms with Crippen LogP contribution >= 0.6 is 0 Å². The fourth-order valence-electron chi connectivity index (χ4n) is 3.60. The summed E-state index contributed by atoms with van der Waals surface area (Å²) in [5, 5.41) is 0.998. The van der Waals surface area contributed by atoms with Gasteiger partial charge in [0.2, 0.25) is 0 Å². The van der Waals surface area contributed by atoms with Crippen molar-refractivity contribution in [2.45, 2.75) is 31.1 Å². The number of fused-ring (bicyclic) bond motifs is 7. The van der Waals surface area contributed by atoms with E-state index in [9.17, 15) is 8.42 Å². The second kappa shape index (κ2) is 5.96. The smallest absolute Gasteiger partial charge is 0.268 e. The molecule has 1 aliphatic heterocycles. The number of hydrogen-bond acceptors (Lipinski definition) is 3. The first-order valence-corrected chi connectivity index (χ1v) is 10.4. The molecule has 0 aliphatic carbocycles. The summed E-state index contributed by atoms with van der Waals surface area (Å²) in [5.41, 5.74) is 4.79. The lowest BCUT2D eigenvalue weighted by atomic mass is 9.98. The van der Waals surface area contributed by atoms with E-state index in [2.05, 4.69) is 36.9 Å². The first-order valence-electron chi connectivity index (χ1n) is 8.97. The Hall–Kier alpha value is -2.11. The van der Waals surface area contributed by atoms with Crippen molar-refractivity contribution in [1.29, 1.82) is 0 Å². The van der Waals surface area contributed by atoms with Crippen molar-refractivity contribution in [2.75, 3.05) is 20.6 Å². The van der Waals surface area contributed by atoms with Crippen LogP contribution in [0.15, 0.2) is 47.5 Å². The number of benzene rings is 2. The highest BCUT2D eigenvalue weighted by Gasteiger charge is 2.31. The molecule has 0 N–H and O–H groups in total. The molecule has 3 aromatic rings. The van der Waals surface area contributed by atoms with Crippen LogP contribution in [0.25, 0.3) is 22.0 Å². The van der Waals surface area contributed by atoms with Crippen molar-refractivity contribution >= 4 is 20.9 Å². The van der Waals surface area contributed by atoms with Gasteiger partial charge in [-0.2, -0.15) is 0 Å². The Balaban J connectivity index is 1.91. The number of hydrogen-bond donors (Lipinski definition) is 0. The third kappa shape index (κ3) is 2.58. The van der Waals surface area contributed by atoms with Crippen molar-refractivity contribution in [1.82, 2.24) is 8.87 Å². The van der Waals surface area contributed by atoms with E-state index in [1.54, 1.807) is 6.20 Å². The number of aromatic nitrogens is 1. The van der Waals surface area contributed by atoms with Crippen LogP contribution in [0.1, 0.15) is 30.9 Å². The molecule has 0 saturated heterocycles. The topological polar surface area (TPSA) is 42.3 Å². The molecule has 0 amide bonds. The van der Waals surface area contributed by atoms with Gasteiger partial charge in [0.25, 0.3) is 10.0 Å². The molecule has 136 valence electrons. The Morgan fingerprint density at radius 3 is 2.50 bits per heavy atom. The van der Waals surface area contributed by atoms with Gasteiger partial charge in [0, 0.05) is 29.3 Å². The van der Waals surface area contributed by atoms with Crippen LogP contribution in [0.4, 0.5) is 0 Å². The van der Waals surface area contributed by atoms with E-state index in [0.717, 1.165) is 46.1 Å². The van der Waals surface area contributed by atoms with Gasteiger partial charge in [0.1, 0.15) is 0 Å². The van der Waals surface area contributed by atoms with Gasteiger partial charge in [0.15, 0.2) is 0 Å². The van der Waals surface area contributed by atoms with Crippen LogP contribution in [-0.4, -0.2) is 37.9 Å². The third-order valence-corrected chi connectivity index (χ3v) is 6.90. The molecule has 1 aliphatic rings. The summed E-state index contributed by atoms with van der Waals surface area (Å²) in [6.45, 7) is 5.13. The van der Waals surface area contributed by atoms with Crippen LogP contribution in [0, 0.1) is 0 Å². The maximum atomic E-state index is 13.3. The van der Waals surface area contributed by atoms with Crippen LogP contribution < -0.4 is 0 Å². The molecule has 26 heavy (non-hydrogen) atoms. The third-order valence-electron chi connectivity index (χ3n) is 5.18. The lowest BCUT2D eigenvalue weighted by Gasteiger charge is -2.16. The largest absolute Gasteiger partial charge is 0.309 e. The summed E-state index contributed by atoms with van der Waals surface area (Å²) in [6, 6.07) is 12.0. The molecule has 0 radical (unpaired) electrons. The highest BCUT2D eigenvalue weighted by Crippen LogP contribution is 2.42. The minimum Gasteiger partial charge on any atom is -0.309 e. The Morgan fingerprint density at radius 2 is 1.81 bits per heavy atom. The molecule has 1 aromatic heterocycles. The minimum absolute atomic E-state index is 0.356. The second-order valence-corrected chi connectivity index (χ2v) is 9.44. The molecule has 0 saturated carbocycles. The summed E-state index contributed by atoms with van der Waals surface area (Å²) in [4.78, 5) is 2.53. The summed E-state index contributed by atoms with van der Waals surface area (Å²) >= 11 is 0. The molecule has 2 heterocycles. The highest BCUT2D eigenvalue weighted by atomic mass is 32.2. The summed E-state index contributed by atoms with van der Waals surface area (Å²) < 4.78 is 28.0. The first-order chi connectivity index (χ1) is 12.3. The molecule has 0 atom stereocenters. The van der Waals surface area contributed by atoms with Crippen molar-refractivity contribution in [3.8, 4) is 11.1 Å². The van der Waals surface area contributed by atoms with Crippen LogP contribution in [-0.2, 0) is 16.4 Å². The molecule has 5 heteroatoms. The fraction of sp³-hybridized carbons (Fsp3) is 0.333. The fourth-order valence-corrected chi connectivity index (χ4v) is 5.23. The lowest BCUT2D eigenvalue weighted by molar-refractivity contribution is 0.413. The Bertz CT molecular complexity index is 1110. The van der Waals surface area contributed by atoms with Gasteiger partial charge in [-0.25, -0.2) is 12.4 Å². The molecule has 0 fully saturated rings. The normalized spacial score (nSPS) is 15.0. The predicted octanol–water partition coefficient (Wildman–Crippen LogP) is 4.09. The van der Waals surface area contributed by atoms with Gasteiger partial charge in [-0.05, 0) is 49.7 Å². The maximum absolute atomic E-state index is 13.3. The first kappa shape index (κ1) is 17.3. The van der Waals surface area contributed by atoms with E-state index < -0.39 is 10.0 Å². The number of nitrogens with zero attached hydrogens (tertiary/aromatic N) is 2. The van der Waals surface area contributed by atoms with Crippen molar-refractivity contribution in [3.05, 3.63) is 53.7 Å². The van der Waals surface area contributed by atoms with E-state index in [0.29, 0.717) is 10.8 Å². The Morgan fingerprint density at radius 1 is 1.04 bits per heavy atom. The van der Waals surface area contributed by atoms with Crippen LogP contribution in [0.5, 0.6) is 0 Å².